The summed E-state index contributed by atoms with van der Waals surface area (Å²) in [4.78, 5) is 109. The highest BCUT2D eigenvalue weighted by Crippen LogP contribution is 2.41. The van der Waals surface area contributed by atoms with E-state index in [4.69, 9.17) is 62.1 Å². The molecule has 510 valence electrons. The van der Waals surface area contributed by atoms with Crippen molar-refractivity contribution in [3.63, 3.8) is 0 Å². The first-order valence-corrected chi connectivity index (χ1v) is 35.3. The van der Waals surface area contributed by atoms with Crippen molar-refractivity contribution in [1.29, 1.82) is 0 Å². The lowest BCUT2D eigenvalue weighted by molar-refractivity contribution is -0.137. The van der Waals surface area contributed by atoms with Gasteiger partial charge in [0.15, 0.2) is 31.9 Å². The van der Waals surface area contributed by atoms with Crippen LogP contribution in [0.15, 0.2) is 115 Å². The largest absolute Gasteiger partial charge is 0.510 e. The zero-order chi connectivity index (χ0) is 67.8. The molecule has 8 aliphatic heterocycles. The van der Waals surface area contributed by atoms with Gasteiger partial charge in [0.05, 0.1) is 76.4 Å². The van der Waals surface area contributed by atoms with Gasteiger partial charge in [-0.15, -0.1) is 45.3 Å². The molecule has 34 heteroatoms. The number of nitrogens with one attached hydrogen (secondary N) is 2. The van der Waals surface area contributed by atoms with Crippen molar-refractivity contribution in [1.82, 2.24) is 50.2 Å². The summed E-state index contributed by atoms with van der Waals surface area (Å²) >= 11 is 18.6. The number of carbonyl (C=O) groups is 5. The van der Waals surface area contributed by atoms with Gasteiger partial charge in [0.1, 0.15) is 53.0 Å². The predicted molar refractivity (Wildman–Crippen MR) is 365 cm³/mol. The number of hydrogen-bond acceptors (Lipinski definition) is 26. The Morgan fingerprint density at radius 3 is 1.57 bits per heavy atom. The number of halogens is 4. The Kier molecular flexibility index (Phi) is 20.3. The number of aliphatic hydroxyl groups is 1. The van der Waals surface area contributed by atoms with E-state index in [0.717, 1.165) is 11.6 Å². The highest BCUT2D eigenvalue weighted by Gasteiger charge is 2.46. The van der Waals surface area contributed by atoms with Crippen molar-refractivity contribution < 1.29 is 56.8 Å². The molecule has 4 amide bonds. The minimum atomic E-state index is -0.859. The molecule has 0 saturated carbocycles. The van der Waals surface area contributed by atoms with Crippen LogP contribution in [0.25, 0.3) is 0 Å². The van der Waals surface area contributed by atoms with E-state index in [0.29, 0.717) is 166 Å². The number of anilines is 4. The second-order valence-corrected chi connectivity index (χ2v) is 28.1. The monoisotopic (exact) mass is 1440 g/mol. The standard InChI is InChI=1S/C32H34ClFN8O5S2.C31H32ClFN8O5S2/c1-18(43)11-21-15-40(8-9-47-21)25-17-49-31(37-25)42-14-20-13-39(6-7-41(20)32(42)45)16-24-26(30(44)46-2)27(22-4-3-19(34)12-23(22)33)38-28(36-24)29-35-5-10-48-29;1-17(42)23-15-39(8-9-46-23)24-16-48-30(36-24)41-13-19-12-38(6-7-40(19)31(41)44)14-22-25(29(43)45-2)26(20-4-3-18(33)11-21(20)32)37-27(35-22)28-34-5-10-47-28/h3-5,10,12,17,20-21,27H,6-9,11,13-16H2,1-2H3,(H,36,38);3-5,10-11,16,19,23,26,42H,1,6-9,12-15H2,2H3,(H,35,37)/t20-,21?,27-;19-,23?,26-/m00/s1. The number of rotatable bonds is 17. The van der Waals surface area contributed by atoms with Gasteiger partial charge in [-0.25, -0.2) is 47.9 Å². The van der Waals surface area contributed by atoms with Crippen molar-refractivity contribution in [3.8, 4) is 0 Å². The summed E-state index contributed by atoms with van der Waals surface area (Å²) in [6.45, 7) is 13.2. The number of aliphatic imine (C=N–C) groups is 2. The number of ketones is 1. The summed E-state index contributed by atoms with van der Waals surface area (Å²) in [6, 6.07) is 5.92. The molecule has 3 N–H and O–H groups in total. The molecule has 6 saturated heterocycles. The molecule has 26 nitrogen and oxygen atoms in total. The van der Waals surface area contributed by atoms with Gasteiger partial charge in [-0.2, -0.15) is 0 Å². The van der Waals surface area contributed by atoms with E-state index in [1.54, 1.807) is 29.1 Å². The third kappa shape index (κ3) is 14.5. The van der Waals surface area contributed by atoms with Gasteiger partial charge < -0.3 is 54.3 Å². The second kappa shape index (κ2) is 29.2. The fourth-order valence-electron chi connectivity index (χ4n) is 13.0. The molecule has 0 spiro atoms. The molecule has 97 heavy (non-hydrogen) atoms. The van der Waals surface area contributed by atoms with E-state index in [1.165, 1.54) is 96.0 Å². The zero-order valence-corrected chi connectivity index (χ0v) is 57.4. The minimum absolute atomic E-state index is 0.0225. The molecule has 14 rings (SSSR count). The first kappa shape index (κ1) is 67.5. The van der Waals surface area contributed by atoms with Crippen molar-refractivity contribution in [2.24, 2.45) is 9.98 Å². The first-order valence-electron chi connectivity index (χ1n) is 31.0. The van der Waals surface area contributed by atoms with Crippen LogP contribution in [0.3, 0.4) is 0 Å². The number of urea groups is 2. The number of carbonyl (C=O) groups excluding carboxylic acids is 5. The third-order valence-electron chi connectivity index (χ3n) is 17.6. The first-order chi connectivity index (χ1) is 46.9. The van der Waals surface area contributed by atoms with Crippen molar-refractivity contribution >= 4 is 132 Å². The van der Waals surface area contributed by atoms with Crippen LogP contribution in [0, 0.1) is 11.6 Å². The second-order valence-electron chi connectivity index (χ2n) is 23.9. The molecule has 8 aliphatic rings. The van der Waals surface area contributed by atoms with Gasteiger partial charge in [0, 0.05) is 145 Å². The number of ether oxygens (including phenoxy) is 4. The lowest BCUT2D eigenvalue weighted by Crippen LogP contribution is -2.53. The normalized spacial score (nSPS) is 23.1. The Morgan fingerprint density at radius 1 is 0.660 bits per heavy atom. The van der Waals surface area contributed by atoms with Crippen LogP contribution in [0.5, 0.6) is 0 Å². The van der Waals surface area contributed by atoms with Gasteiger partial charge >= 0.3 is 24.0 Å². The van der Waals surface area contributed by atoms with Crippen LogP contribution in [0.4, 0.5) is 40.3 Å². The van der Waals surface area contributed by atoms with Crippen LogP contribution in [-0.2, 0) is 33.3 Å². The maximum atomic E-state index is 14.0. The van der Waals surface area contributed by atoms with E-state index in [2.05, 4.69) is 41.9 Å². The van der Waals surface area contributed by atoms with E-state index in [1.807, 2.05) is 36.2 Å². The average Bonchev–Trinajstić information content (AvgIpc) is 1.31. The van der Waals surface area contributed by atoms with E-state index < -0.39 is 41.8 Å². The quantitative estimate of drug-likeness (QED) is 0.0588. The number of nitrogens with zero attached hydrogens (tertiary/aromatic N) is 14. The summed E-state index contributed by atoms with van der Waals surface area (Å²) in [5.41, 5.74) is 2.61. The molecule has 6 fully saturated rings. The number of esters is 2. The Bertz CT molecular complexity index is 4140. The van der Waals surface area contributed by atoms with E-state index >= 15 is 0 Å². The number of aromatic nitrogens is 4. The number of benzene rings is 2. The number of amides is 4. The number of fused-ring (bicyclic) bond motifs is 2. The number of methoxy groups -OCH3 is 2. The number of Topliss-reactive ketones (excluding diaryl/α,β-unsaturated/α-hetero) is 1. The fraction of sp³-hybridized carbons (Fsp3) is 0.413. The van der Waals surface area contributed by atoms with Crippen LogP contribution in [0.1, 0.15) is 46.6 Å². The third-order valence-corrected chi connectivity index (χ3v) is 21.6. The van der Waals surface area contributed by atoms with Crippen LogP contribution in [-0.4, -0.2) is 229 Å². The molecule has 2 unspecified atom stereocenters. The molecule has 6 aromatic rings. The lowest BCUT2D eigenvalue weighted by Gasteiger charge is -2.38. The maximum absolute atomic E-state index is 14.0. The summed E-state index contributed by atoms with van der Waals surface area (Å²) in [6.07, 6.45) is 3.03. The smallest absolute Gasteiger partial charge is 0.338 e. The number of thiazole rings is 4. The van der Waals surface area contributed by atoms with Crippen LogP contribution >= 0.6 is 68.5 Å². The van der Waals surface area contributed by atoms with Gasteiger partial charge in [0.25, 0.3) is 0 Å². The molecule has 0 radical (unpaired) electrons. The van der Waals surface area contributed by atoms with E-state index in [-0.39, 0.29) is 63.0 Å². The fourth-order valence-corrected chi connectivity index (χ4v) is 16.4. The molecule has 2 aromatic carbocycles. The summed E-state index contributed by atoms with van der Waals surface area (Å²) in [5.74, 6) is 0.334. The maximum Gasteiger partial charge on any atom is 0.338 e. The number of amidine groups is 2. The summed E-state index contributed by atoms with van der Waals surface area (Å²) < 4.78 is 49.8. The number of piperazine rings is 2. The van der Waals surface area contributed by atoms with Crippen LogP contribution in [0.2, 0.25) is 10.0 Å². The number of aliphatic hydroxyl groups excluding tert-OH is 1. The topological polar surface area (TPSA) is 269 Å². The number of hydrogen-bond donors (Lipinski definition) is 3. The summed E-state index contributed by atoms with van der Waals surface area (Å²) in [7, 11) is 2.61. The molecular weight excluding hydrogens is 1380 g/mol. The van der Waals surface area contributed by atoms with Gasteiger partial charge in [-0.1, -0.05) is 41.9 Å². The molecule has 4 aromatic heterocycles. The molecular formula is C63H66Cl2F2N16O10S4. The molecule has 0 bridgehead atoms. The van der Waals surface area contributed by atoms with E-state index in [9.17, 15) is 37.9 Å². The van der Waals surface area contributed by atoms with Crippen molar-refractivity contribution in [2.45, 2.75) is 49.7 Å². The van der Waals surface area contributed by atoms with Gasteiger partial charge in [-0.05, 0) is 31.2 Å². The Labute approximate surface area is 581 Å². The minimum Gasteiger partial charge on any atom is -0.510 e. The highest BCUT2D eigenvalue weighted by molar-refractivity contribution is 7.14. The molecule has 12 heterocycles. The molecule has 6 atom stereocenters. The van der Waals surface area contributed by atoms with Crippen molar-refractivity contribution in [2.75, 3.05) is 139 Å². The SMILES string of the molecule is C=C(O)C1CN(c2csc(N3C[C@@H]4CN(CC5=C(C(=O)OC)[C@H](c6ccc(F)cc6Cl)N=C(c6nccs6)N5)CCN4C3=O)n2)CCO1.COC(=O)C1=C(CN2CCN3C(=O)N(c4nc(N5CCOC(CC(C)=O)C5)cs4)C[C@@H]3C2)NC(c2nccs2)=N[C@H]1c1ccc(F)cc1Cl. The zero-order valence-electron chi connectivity index (χ0n) is 52.6. The Hall–Kier alpha value is -8.05. The highest BCUT2D eigenvalue weighted by atomic mass is 35.5. The molecule has 0 aliphatic carbocycles. The van der Waals surface area contributed by atoms with Gasteiger partial charge in [0.2, 0.25) is 0 Å². The summed E-state index contributed by atoms with van der Waals surface area (Å²) in [5, 5.41) is 26.8. The van der Waals surface area contributed by atoms with Gasteiger partial charge in [-0.3, -0.25) is 34.4 Å². The lowest BCUT2D eigenvalue weighted by atomic mass is 9.95. The Morgan fingerprint density at radius 2 is 1.13 bits per heavy atom. The average molecular weight is 1440 g/mol. The van der Waals surface area contributed by atoms with Crippen LogP contribution < -0.4 is 30.2 Å². The number of morpholine rings is 2. The Balaban J connectivity index is 0.000000175. The van der Waals surface area contributed by atoms with Crippen molar-refractivity contribution in [3.05, 3.63) is 148 Å². The predicted octanol–water partition coefficient (Wildman–Crippen LogP) is 7.53.